The highest BCUT2D eigenvalue weighted by atomic mass is 16.6. The summed E-state index contributed by atoms with van der Waals surface area (Å²) >= 11 is 0. The molecule has 0 bridgehead atoms. The van der Waals surface area contributed by atoms with Crippen molar-refractivity contribution in [3.05, 3.63) is 72.9 Å². The molecule has 0 saturated heterocycles. The lowest BCUT2D eigenvalue weighted by molar-refractivity contribution is -0.167. The predicted octanol–water partition coefficient (Wildman–Crippen LogP) is 20.5. The van der Waals surface area contributed by atoms with Gasteiger partial charge in [0.05, 0.1) is 0 Å². The van der Waals surface area contributed by atoms with Gasteiger partial charge in [0.25, 0.3) is 0 Å². The summed E-state index contributed by atoms with van der Waals surface area (Å²) in [5.41, 5.74) is 0. The fourth-order valence-corrected chi connectivity index (χ4v) is 8.68. The summed E-state index contributed by atoms with van der Waals surface area (Å²) in [5.74, 6) is -0.915. The Balaban J connectivity index is 4.45. The third-order valence-corrected chi connectivity index (χ3v) is 13.3. The quantitative estimate of drug-likeness (QED) is 0.0261. The summed E-state index contributed by atoms with van der Waals surface area (Å²) in [7, 11) is 0. The lowest BCUT2D eigenvalue weighted by atomic mass is 10.0. The predicted molar refractivity (Wildman–Crippen MR) is 307 cm³/mol. The van der Waals surface area contributed by atoms with Crippen LogP contribution >= 0.6 is 0 Å². The van der Waals surface area contributed by atoms with Crippen molar-refractivity contribution in [2.75, 3.05) is 13.2 Å². The largest absolute Gasteiger partial charge is 0.462 e. The van der Waals surface area contributed by atoms with Gasteiger partial charge in [-0.05, 0) is 70.6 Å². The Morgan fingerprint density at radius 3 is 0.775 bits per heavy atom. The number of hydrogen-bond donors (Lipinski definition) is 0. The van der Waals surface area contributed by atoms with Crippen LogP contribution < -0.4 is 0 Å². The standard InChI is InChI=1S/C65H114O6/c1-4-7-10-13-16-19-22-25-28-31-34-37-40-43-46-49-52-55-58-64(67)70-61-62(60-69-63(66)57-54-51-48-45-42-39-36-33-30-27-24-21-18-15-12-9-6-3)71-65(68)59-56-53-50-47-44-41-38-35-32-29-26-23-20-17-14-11-8-5-2/h22-23,25-26,28-29,31-32,34-35,37-38,62H,4-21,24,27,30,33,36,39-61H2,1-3H3/b25-22-,26-23-,31-28-,32-29-,37-34-,38-35-. The number of ether oxygens (including phenoxy) is 3. The average Bonchev–Trinajstić information content (AvgIpc) is 3.37. The van der Waals surface area contributed by atoms with Crippen molar-refractivity contribution in [3.8, 4) is 0 Å². The maximum Gasteiger partial charge on any atom is 0.306 e. The van der Waals surface area contributed by atoms with Crippen molar-refractivity contribution in [1.29, 1.82) is 0 Å². The minimum absolute atomic E-state index is 0.0882. The lowest BCUT2D eigenvalue weighted by Gasteiger charge is -2.18. The first-order valence-corrected chi connectivity index (χ1v) is 30.5. The second kappa shape index (κ2) is 59.4. The maximum atomic E-state index is 12.9. The number of allylic oxidation sites excluding steroid dienone is 12. The van der Waals surface area contributed by atoms with Crippen LogP contribution in [0.4, 0.5) is 0 Å². The Bertz CT molecular complexity index is 1320. The van der Waals surface area contributed by atoms with E-state index in [1.54, 1.807) is 0 Å². The molecule has 6 nitrogen and oxygen atoms in total. The molecule has 0 heterocycles. The van der Waals surface area contributed by atoms with E-state index in [9.17, 15) is 14.4 Å². The smallest absolute Gasteiger partial charge is 0.306 e. The van der Waals surface area contributed by atoms with Crippen LogP contribution in [0.3, 0.4) is 0 Å². The van der Waals surface area contributed by atoms with Crippen molar-refractivity contribution in [2.24, 2.45) is 0 Å². The van der Waals surface area contributed by atoms with Crippen LogP contribution in [0.25, 0.3) is 0 Å². The van der Waals surface area contributed by atoms with E-state index in [0.29, 0.717) is 19.3 Å². The van der Waals surface area contributed by atoms with Crippen LogP contribution in [0.2, 0.25) is 0 Å². The molecule has 0 aromatic heterocycles. The summed E-state index contributed by atoms with van der Waals surface area (Å²) < 4.78 is 16.9. The van der Waals surface area contributed by atoms with Crippen molar-refractivity contribution in [2.45, 2.75) is 309 Å². The Morgan fingerprint density at radius 1 is 0.282 bits per heavy atom. The van der Waals surface area contributed by atoms with Crippen LogP contribution in [0.5, 0.6) is 0 Å². The molecule has 1 atom stereocenters. The molecule has 0 aliphatic carbocycles. The zero-order chi connectivity index (χ0) is 51.4. The molecule has 0 radical (unpaired) electrons. The SMILES string of the molecule is CCCCCCC\C=C/C=C\C=C/CCCCCCCC(=O)OCC(COC(=O)CCCCCCCCCCCCCCCCCCC)OC(=O)CCCCCCC\C=C/C=C\C=C/CCCCCCC. The Kier molecular flexibility index (Phi) is 56.8. The third-order valence-electron chi connectivity index (χ3n) is 13.3. The number of esters is 3. The molecule has 0 aromatic carbocycles. The first kappa shape index (κ1) is 67.8. The van der Waals surface area contributed by atoms with Crippen molar-refractivity contribution < 1.29 is 28.6 Å². The van der Waals surface area contributed by atoms with Gasteiger partial charge >= 0.3 is 17.9 Å². The van der Waals surface area contributed by atoms with E-state index < -0.39 is 6.10 Å². The van der Waals surface area contributed by atoms with E-state index in [0.717, 1.165) is 103 Å². The number of unbranched alkanes of at least 4 members (excludes halogenated alkanes) is 36. The molecule has 0 amide bonds. The van der Waals surface area contributed by atoms with Crippen LogP contribution in [0, 0.1) is 0 Å². The second-order valence-electron chi connectivity index (χ2n) is 20.4. The maximum absolute atomic E-state index is 12.9. The number of rotatable bonds is 55. The summed E-state index contributed by atoms with van der Waals surface area (Å²) in [5, 5.41) is 0. The van der Waals surface area contributed by atoms with Gasteiger partial charge in [-0.25, -0.2) is 0 Å². The number of carbonyl (C=O) groups is 3. The highest BCUT2D eigenvalue weighted by Gasteiger charge is 2.19. The highest BCUT2D eigenvalue weighted by molar-refractivity contribution is 5.71. The van der Waals surface area contributed by atoms with Gasteiger partial charge < -0.3 is 14.2 Å². The average molecular weight is 992 g/mol. The molecule has 0 spiro atoms. The minimum Gasteiger partial charge on any atom is -0.462 e. The van der Waals surface area contributed by atoms with Crippen LogP contribution in [0.1, 0.15) is 303 Å². The van der Waals surface area contributed by atoms with Gasteiger partial charge in [0.1, 0.15) is 13.2 Å². The molecule has 0 saturated carbocycles. The molecular formula is C65H114O6. The summed E-state index contributed by atoms with van der Waals surface area (Å²) in [6.07, 6.45) is 76.0. The van der Waals surface area contributed by atoms with Crippen LogP contribution in [0.15, 0.2) is 72.9 Å². The van der Waals surface area contributed by atoms with Crippen molar-refractivity contribution in [1.82, 2.24) is 0 Å². The monoisotopic (exact) mass is 991 g/mol. The zero-order valence-electron chi connectivity index (χ0n) is 47.0. The Hall–Kier alpha value is -3.15. The van der Waals surface area contributed by atoms with E-state index in [1.807, 2.05) is 0 Å². The van der Waals surface area contributed by atoms with Gasteiger partial charge in [-0.2, -0.15) is 0 Å². The molecular weight excluding hydrogens is 877 g/mol. The Morgan fingerprint density at radius 2 is 0.507 bits per heavy atom. The van der Waals surface area contributed by atoms with Gasteiger partial charge in [0.2, 0.25) is 0 Å². The van der Waals surface area contributed by atoms with Crippen LogP contribution in [-0.4, -0.2) is 37.2 Å². The molecule has 71 heavy (non-hydrogen) atoms. The van der Waals surface area contributed by atoms with Gasteiger partial charge in [-0.1, -0.05) is 286 Å². The summed E-state index contributed by atoms with van der Waals surface area (Å²) in [6.45, 7) is 6.61. The lowest BCUT2D eigenvalue weighted by Crippen LogP contribution is -2.30. The second-order valence-corrected chi connectivity index (χ2v) is 20.4. The molecule has 0 aliphatic rings. The molecule has 410 valence electrons. The molecule has 0 rings (SSSR count). The number of hydrogen-bond acceptors (Lipinski definition) is 6. The molecule has 1 unspecified atom stereocenters. The third kappa shape index (κ3) is 57.6. The van der Waals surface area contributed by atoms with Gasteiger partial charge in [0.15, 0.2) is 6.10 Å². The van der Waals surface area contributed by atoms with Gasteiger partial charge in [0, 0.05) is 19.3 Å². The molecule has 0 N–H and O–H groups in total. The van der Waals surface area contributed by atoms with Crippen molar-refractivity contribution >= 4 is 17.9 Å². The van der Waals surface area contributed by atoms with E-state index in [4.69, 9.17) is 14.2 Å². The van der Waals surface area contributed by atoms with E-state index >= 15 is 0 Å². The fourth-order valence-electron chi connectivity index (χ4n) is 8.68. The van der Waals surface area contributed by atoms with Crippen LogP contribution in [-0.2, 0) is 28.6 Å². The summed E-state index contributed by atoms with van der Waals surface area (Å²) in [4.78, 5) is 38.2. The first-order valence-electron chi connectivity index (χ1n) is 30.5. The highest BCUT2D eigenvalue weighted by Crippen LogP contribution is 2.16. The molecule has 0 aliphatic heterocycles. The Labute approximate surface area is 440 Å². The summed E-state index contributed by atoms with van der Waals surface area (Å²) in [6, 6.07) is 0. The zero-order valence-corrected chi connectivity index (χ0v) is 47.0. The molecule has 6 heteroatoms. The fraction of sp³-hybridized carbons (Fsp3) is 0.769. The van der Waals surface area contributed by atoms with Gasteiger partial charge in [-0.3, -0.25) is 14.4 Å². The number of carbonyl (C=O) groups excluding carboxylic acids is 3. The van der Waals surface area contributed by atoms with E-state index in [1.165, 1.54) is 161 Å². The van der Waals surface area contributed by atoms with Gasteiger partial charge in [-0.15, -0.1) is 0 Å². The normalized spacial score (nSPS) is 12.5. The molecule has 0 fully saturated rings. The molecule has 0 aromatic rings. The topological polar surface area (TPSA) is 78.9 Å². The van der Waals surface area contributed by atoms with E-state index in [2.05, 4.69) is 93.7 Å². The van der Waals surface area contributed by atoms with E-state index in [-0.39, 0.29) is 31.1 Å². The van der Waals surface area contributed by atoms with Crippen molar-refractivity contribution in [3.63, 3.8) is 0 Å². The minimum atomic E-state index is -0.794. The first-order chi connectivity index (χ1) is 35.0.